The van der Waals surface area contributed by atoms with E-state index in [0.29, 0.717) is 5.58 Å². The number of unbranched alkanes of at least 4 members (excludes halogenated alkanes) is 10. The molecule has 0 aliphatic heterocycles. The van der Waals surface area contributed by atoms with Gasteiger partial charge in [0.2, 0.25) is 0 Å². The first-order valence-corrected chi connectivity index (χ1v) is 9.96. The summed E-state index contributed by atoms with van der Waals surface area (Å²) >= 11 is 0. The zero-order valence-electron chi connectivity index (χ0n) is 15.6. The molecule has 2 aromatic rings. The number of hydrogen-bond donors (Lipinski definition) is 1. The molecule has 0 fully saturated rings. The Morgan fingerprint density at radius 1 is 0.840 bits per heavy atom. The SMILES string of the molecule is CCCCCCCCCCCCCc1cc(=O)oc2cc(O)ccc12. The van der Waals surface area contributed by atoms with Crippen LogP contribution in [0.4, 0.5) is 0 Å². The van der Waals surface area contributed by atoms with Crippen molar-refractivity contribution in [1.82, 2.24) is 0 Å². The zero-order valence-corrected chi connectivity index (χ0v) is 15.6. The summed E-state index contributed by atoms with van der Waals surface area (Å²) in [4.78, 5) is 11.7. The maximum absolute atomic E-state index is 11.7. The third-order valence-electron chi connectivity index (χ3n) is 4.86. The minimum atomic E-state index is -0.337. The number of fused-ring (bicyclic) bond motifs is 1. The van der Waals surface area contributed by atoms with E-state index in [9.17, 15) is 9.90 Å². The van der Waals surface area contributed by atoms with E-state index in [1.54, 1.807) is 12.1 Å². The Morgan fingerprint density at radius 2 is 1.44 bits per heavy atom. The molecule has 1 heterocycles. The van der Waals surface area contributed by atoms with Gasteiger partial charge in [0.05, 0.1) is 0 Å². The highest BCUT2D eigenvalue weighted by Crippen LogP contribution is 2.23. The van der Waals surface area contributed by atoms with Gasteiger partial charge in [-0.3, -0.25) is 0 Å². The number of aromatic hydroxyl groups is 1. The lowest BCUT2D eigenvalue weighted by molar-refractivity contribution is 0.473. The van der Waals surface area contributed by atoms with Crippen LogP contribution in [0.5, 0.6) is 5.75 Å². The van der Waals surface area contributed by atoms with Gasteiger partial charge in [0, 0.05) is 17.5 Å². The van der Waals surface area contributed by atoms with Gasteiger partial charge in [-0.1, -0.05) is 71.1 Å². The van der Waals surface area contributed by atoms with Crippen molar-refractivity contribution in [2.45, 2.75) is 84.0 Å². The number of phenolic OH excluding ortho intramolecular Hbond substituents is 1. The fourth-order valence-corrected chi connectivity index (χ4v) is 3.41. The van der Waals surface area contributed by atoms with E-state index in [0.717, 1.165) is 23.8 Å². The first kappa shape index (κ1) is 19.6. The summed E-state index contributed by atoms with van der Waals surface area (Å²) in [5.41, 5.74) is 1.17. The highest BCUT2D eigenvalue weighted by Gasteiger charge is 2.06. The van der Waals surface area contributed by atoms with Crippen LogP contribution >= 0.6 is 0 Å². The van der Waals surface area contributed by atoms with Crippen molar-refractivity contribution in [3.63, 3.8) is 0 Å². The second-order valence-electron chi connectivity index (χ2n) is 7.06. The predicted octanol–water partition coefficient (Wildman–Crippen LogP) is 6.35. The molecule has 0 unspecified atom stereocenters. The minimum absolute atomic E-state index is 0.127. The second-order valence-corrected chi connectivity index (χ2v) is 7.06. The van der Waals surface area contributed by atoms with Crippen molar-refractivity contribution in [2.24, 2.45) is 0 Å². The quantitative estimate of drug-likeness (QED) is 0.360. The Labute approximate surface area is 151 Å². The van der Waals surface area contributed by atoms with Crippen molar-refractivity contribution in [1.29, 1.82) is 0 Å². The smallest absolute Gasteiger partial charge is 0.336 e. The largest absolute Gasteiger partial charge is 0.508 e. The molecule has 0 aliphatic carbocycles. The standard InChI is InChI=1S/C22H32O3/c1-2-3-4-5-6-7-8-9-10-11-12-13-18-16-22(24)25-21-17-19(23)14-15-20(18)21/h14-17,23H,2-13H2,1H3. The van der Waals surface area contributed by atoms with E-state index in [1.807, 2.05) is 6.07 Å². The van der Waals surface area contributed by atoms with Gasteiger partial charge in [-0.05, 0) is 30.5 Å². The first-order chi connectivity index (χ1) is 12.2. The zero-order chi connectivity index (χ0) is 17.9. The third kappa shape index (κ3) is 6.93. The molecule has 138 valence electrons. The lowest BCUT2D eigenvalue weighted by Gasteiger charge is -2.06. The van der Waals surface area contributed by atoms with Crippen LogP contribution in [0.1, 0.15) is 83.1 Å². The van der Waals surface area contributed by atoms with E-state index in [1.165, 1.54) is 70.3 Å². The summed E-state index contributed by atoms with van der Waals surface area (Å²) in [7, 11) is 0. The number of benzene rings is 1. The normalized spacial score (nSPS) is 11.2. The topological polar surface area (TPSA) is 50.4 Å². The third-order valence-corrected chi connectivity index (χ3v) is 4.86. The molecule has 0 bridgehead atoms. The molecule has 1 aromatic heterocycles. The van der Waals surface area contributed by atoms with Gasteiger partial charge in [-0.2, -0.15) is 0 Å². The highest BCUT2D eigenvalue weighted by molar-refractivity contribution is 5.81. The molecule has 0 radical (unpaired) electrons. The fraction of sp³-hybridized carbons (Fsp3) is 0.591. The molecule has 0 saturated carbocycles. The average Bonchev–Trinajstić information content (AvgIpc) is 2.59. The maximum Gasteiger partial charge on any atom is 0.336 e. The fourth-order valence-electron chi connectivity index (χ4n) is 3.41. The number of phenols is 1. The van der Waals surface area contributed by atoms with Crippen LogP contribution in [0.2, 0.25) is 0 Å². The molecule has 1 N–H and O–H groups in total. The Balaban J connectivity index is 1.65. The van der Waals surface area contributed by atoms with Crippen LogP contribution in [0, 0.1) is 0 Å². The molecule has 3 nitrogen and oxygen atoms in total. The molecule has 25 heavy (non-hydrogen) atoms. The highest BCUT2D eigenvalue weighted by atomic mass is 16.4. The van der Waals surface area contributed by atoms with Crippen LogP contribution in [-0.2, 0) is 6.42 Å². The summed E-state index contributed by atoms with van der Waals surface area (Å²) in [5, 5.41) is 10.5. The van der Waals surface area contributed by atoms with Crippen molar-refractivity contribution in [3.8, 4) is 5.75 Å². The maximum atomic E-state index is 11.7. The molecule has 0 atom stereocenters. The van der Waals surface area contributed by atoms with Crippen molar-refractivity contribution in [3.05, 3.63) is 40.2 Å². The van der Waals surface area contributed by atoms with Crippen LogP contribution in [0.25, 0.3) is 11.0 Å². The molecular weight excluding hydrogens is 312 g/mol. The molecule has 0 spiro atoms. The van der Waals surface area contributed by atoms with Crippen LogP contribution in [0.15, 0.2) is 33.5 Å². The molecular formula is C22H32O3. The van der Waals surface area contributed by atoms with Gasteiger partial charge in [-0.25, -0.2) is 4.79 Å². The summed E-state index contributed by atoms with van der Waals surface area (Å²) in [6.07, 6.45) is 15.4. The number of rotatable bonds is 12. The Hall–Kier alpha value is -1.77. The van der Waals surface area contributed by atoms with E-state index < -0.39 is 0 Å². The van der Waals surface area contributed by atoms with Gasteiger partial charge in [0.15, 0.2) is 0 Å². The van der Waals surface area contributed by atoms with E-state index in [-0.39, 0.29) is 11.4 Å². The van der Waals surface area contributed by atoms with E-state index in [2.05, 4.69) is 6.92 Å². The summed E-state index contributed by atoms with van der Waals surface area (Å²) in [6.45, 7) is 2.26. The molecule has 0 saturated heterocycles. The molecule has 0 aliphatic rings. The average molecular weight is 344 g/mol. The van der Waals surface area contributed by atoms with Gasteiger partial charge < -0.3 is 9.52 Å². The van der Waals surface area contributed by atoms with Gasteiger partial charge in [0.1, 0.15) is 11.3 Å². The van der Waals surface area contributed by atoms with Crippen molar-refractivity contribution >= 4 is 11.0 Å². The second kappa shape index (κ2) is 11.0. The number of aryl methyl sites for hydroxylation is 1. The van der Waals surface area contributed by atoms with Gasteiger partial charge >= 0.3 is 5.63 Å². The van der Waals surface area contributed by atoms with Crippen molar-refractivity contribution < 1.29 is 9.52 Å². The van der Waals surface area contributed by atoms with E-state index in [4.69, 9.17) is 4.42 Å². The van der Waals surface area contributed by atoms with Gasteiger partial charge in [-0.15, -0.1) is 0 Å². The lowest BCUT2D eigenvalue weighted by atomic mass is 10.0. The molecule has 0 amide bonds. The molecule has 1 aromatic carbocycles. The number of hydrogen-bond acceptors (Lipinski definition) is 3. The summed E-state index contributed by atoms with van der Waals surface area (Å²) in [5.74, 6) is 0.127. The molecule has 3 heteroatoms. The van der Waals surface area contributed by atoms with Crippen LogP contribution < -0.4 is 5.63 Å². The predicted molar refractivity (Wildman–Crippen MR) is 104 cm³/mol. The Bertz CT molecular complexity index is 687. The molecule has 2 rings (SSSR count). The lowest BCUT2D eigenvalue weighted by Crippen LogP contribution is -2.00. The Kier molecular flexibility index (Phi) is 8.58. The first-order valence-electron chi connectivity index (χ1n) is 9.96. The van der Waals surface area contributed by atoms with Crippen molar-refractivity contribution in [2.75, 3.05) is 0 Å². The van der Waals surface area contributed by atoms with Crippen LogP contribution in [-0.4, -0.2) is 5.11 Å². The monoisotopic (exact) mass is 344 g/mol. The van der Waals surface area contributed by atoms with Crippen LogP contribution in [0.3, 0.4) is 0 Å². The Morgan fingerprint density at radius 3 is 2.08 bits per heavy atom. The van der Waals surface area contributed by atoms with Gasteiger partial charge in [0.25, 0.3) is 0 Å². The summed E-state index contributed by atoms with van der Waals surface area (Å²) < 4.78 is 5.17. The summed E-state index contributed by atoms with van der Waals surface area (Å²) in [6, 6.07) is 6.59. The minimum Gasteiger partial charge on any atom is -0.508 e. The van der Waals surface area contributed by atoms with E-state index >= 15 is 0 Å².